The van der Waals surface area contributed by atoms with E-state index in [9.17, 15) is 14.0 Å². The molecule has 3 rings (SSSR count). The van der Waals surface area contributed by atoms with Crippen LogP contribution in [0.5, 0.6) is 0 Å². The Balaban J connectivity index is 1.49. The van der Waals surface area contributed by atoms with Crippen LogP contribution in [-0.4, -0.2) is 47.8 Å². The van der Waals surface area contributed by atoms with E-state index in [4.69, 9.17) is 0 Å². The fourth-order valence-corrected chi connectivity index (χ4v) is 3.84. The highest BCUT2D eigenvalue weighted by atomic mass is 19.1. The van der Waals surface area contributed by atoms with E-state index in [-0.39, 0.29) is 23.5 Å². The van der Waals surface area contributed by atoms with E-state index in [1.807, 2.05) is 4.90 Å². The molecule has 0 N–H and O–H groups in total. The molecule has 4 nitrogen and oxygen atoms in total. The van der Waals surface area contributed by atoms with Gasteiger partial charge in [0.25, 0.3) is 0 Å². The number of carbonyl (C=O) groups excluding carboxylic acids is 2. The van der Waals surface area contributed by atoms with Crippen LogP contribution in [0.15, 0.2) is 24.3 Å². The number of amides is 2. The van der Waals surface area contributed by atoms with Crippen molar-refractivity contribution in [3.8, 4) is 0 Å². The van der Waals surface area contributed by atoms with Gasteiger partial charge in [-0.2, -0.15) is 0 Å². The average molecular weight is 346 g/mol. The summed E-state index contributed by atoms with van der Waals surface area (Å²) in [5.41, 5.74) is 0.576. The van der Waals surface area contributed by atoms with E-state index in [1.54, 1.807) is 23.1 Å². The van der Waals surface area contributed by atoms with Crippen molar-refractivity contribution < 1.29 is 14.0 Å². The Bertz CT molecular complexity index is 611. The fourth-order valence-electron chi connectivity index (χ4n) is 3.84. The first kappa shape index (κ1) is 17.9. The van der Waals surface area contributed by atoms with Gasteiger partial charge >= 0.3 is 0 Å². The monoisotopic (exact) mass is 346 g/mol. The highest BCUT2D eigenvalue weighted by Gasteiger charge is 2.33. The van der Waals surface area contributed by atoms with E-state index < -0.39 is 0 Å². The lowest BCUT2D eigenvalue weighted by Crippen LogP contribution is -2.38. The van der Waals surface area contributed by atoms with Gasteiger partial charge in [-0.15, -0.1) is 0 Å². The maximum Gasteiger partial charge on any atom is 0.227 e. The summed E-state index contributed by atoms with van der Waals surface area (Å²) in [5, 5.41) is 0. The molecule has 2 fully saturated rings. The maximum absolute atomic E-state index is 13.6. The minimum absolute atomic E-state index is 0.0226. The Hall–Kier alpha value is -1.91. The number of aryl methyl sites for hydroxylation is 1. The number of nitrogens with zero attached hydrogens (tertiary/aromatic N) is 2. The summed E-state index contributed by atoms with van der Waals surface area (Å²) in [6, 6.07) is 6.58. The largest absolute Gasteiger partial charge is 0.342 e. The lowest BCUT2D eigenvalue weighted by molar-refractivity contribution is -0.135. The zero-order valence-corrected chi connectivity index (χ0v) is 14.8. The molecule has 0 unspecified atom stereocenters. The molecule has 0 aromatic heterocycles. The number of benzene rings is 1. The average Bonchev–Trinajstić information content (AvgIpc) is 2.96. The molecule has 0 spiro atoms. The van der Waals surface area contributed by atoms with Gasteiger partial charge in [-0.1, -0.05) is 31.0 Å². The summed E-state index contributed by atoms with van der Waals surface area (Å²) in [6.07, 6.45) is 6.04. The molecule has 2 amide bonds. The van der Waals surface area contributed by atoms with Gasteiger partial charge in [-0.25, -0.2) is 4.39 Å². The molecule has 2 saturated heterocycles. The van der Waals surface area contributed by atoms with Crippen molar-refractivity contribution in [3.63, 3.8) is 0 Å². The second-order valence-corrected chi connectivity index (χ2v) is 7.16. The van der Waals surface area contributed by atoms with Crippen LogP contribution in [0.3, 0.4) is 0 Å². The highest BCUT2D eigenvalue weighted by molar-refractivity contribution is 5.82. The molecule has 2 aliphatic rings. The van der Waals surface area contributed by atoms with Crippen molar-refractivity contribution in [1.29, 1.82) is 0 Å². The van der Waals surface area contributed by atoms with Crippen LogP contribution in [0.25, 0.3) is 0 Å². The Morgan fingerprint density at radius 1 is 1.00 bits per heavy atom. The molecule has 2 aliphatic heterocycles. The second-order valence-electron chi connectivity index (χ2n) is 7.16. The van der Waals surface area contributed by atoms with Crippen molar-refractivity contribution in [2.24, 2.45) is 5.92 Å². The molecular formula is C20H27FN2O2. The maximum atomic E-state index is 13.6. The lowest BCUT2D eigenvalue weighted by atomic mass is 10.1. The summed E-state index contributed by atoms with van der Waals surface area (Å²) in [5.74, 6) is -0.0813. The van der Waals surface area contributed by atoms with Gasteiger partial charge in [-0.05, 0) is 37.3 Å². The predicted octanol–water partition coefficient (Wildman–Crippen LogP) is 3.01. The summed E-state index contributed by atoms with van der Waals surface area (Å²) in [6.45, 7) is 2.87. The van der Waals surface area contributed by atoms with E-state index in [1.165, 1.54) is 18.9 Å². The van der Waals surface area contributed by atoms with Gasteiger partial charge in [0.15, 0.2) is 0 Å². The van der Waals surface area contributed by atoms with Crippen LogP contribution in [0.1, 0.15) is 44.1 Å². The quantitative estimate of drug-likeness (QED) is 0.841. The minimum atomic E-state index is -0.258. The van der Waals surface area contributed by atoms with Crippen molar-refractivity contribution in [1.82, 2.24) is 9.80 Å². The third kappa shape index (κ3) is 4.59. The molecular weight excluding hydrogens is 319 g/mol. The Morgan fingerprint density at radius 3 is 2.44 bits per heavy atom. The van der Waals surface area contributed by atoms with Crippen molar-refractivity contribution >= 4 is 11.8 Å². The zero-order valence-electron chi connectivity index (χ0n) is 14.8. The van der Waals surface area contributed by atoms with Crippen molar-refractivity contribution in [2.45, 2.75) is 44.9 Å². The first-order chi connectivity index (χ1) is 12.1. The fraction of sp³-hybridized carbons (Fsp3) is 0.600. The number of halogens is 1. The highest BCUT2D eigenvalue weighted by Crippen LogP contribution is 2.22. The van der Waals surface area contributed by atoms with Gasteiger partial charge in [0.05, 0.1) is 5.92 Å². The standard InChI is InChI=1S/C20H27FN2O2/c21-18-8-4-3-7-16(18)9-10-19(24)23-14-11-17(15-23)20(25)22-12-5-1-2-6-13-22/h3-4,7-8,17H,1-2,5-6,9-15H2/t17-/m1/s1. The molecule has 1 atom stereocenters. The van der Waals surface area contributed by atoms with E-state index in [2.05, 4.69) is 0 Å². The van der Waals surface area contributed by atoms with Gasteiger partial charge < -0.3 is 9.80 Å². The van der Waals surface area contributed by atoms with Gasteiger partial charge in [0, 0.05) is 32.6 Å². The van der Waals surface area contributed by atoms with E-state index >= 15 is 0 Å². The molecule has 0 saturated carbocycles. The number of rotatable bonds is 4. The summed E-state index contributed by atoms with van der Waals surface area (Å²) in [7, 11) is 0. The molecule has 2 heterocycles. The van der Waals surface area contributed by atoms with Gasteiger partial charge in [0.1, 0.15) is 5.82 Å². The summed E-state index contributed by atoms with van der Waals surface area (Å²) in [4.78, 5) is 28.9. The lowest BCUT2D eigenvalue weighted by Gasteiger charge is -2.24. The van der Waals surface area contributed by atoms with Crippen LogP contribution >= 0.6 is 0 Å². The van der Waals surface area contributed by atoms with Gasteiger partial charge in [0.2, 0.25) is 11.8 Å². The molecule has 25 heavy (non-hydrogen) atoms. The number of carbonyl (C=O) groups is 2. The van der Waals surface area contributed by atoms with E-state index in [0.717, 1.165) is 32.4 Å². The van der Waals surface area contributed by atoms with Crippen LogP contribution in [-0.2, 0) is 16.0 Å². The number of likely N-dealkylation sites (tertiary alicyclic amines) is 2. The Labute approximate surface area is 149 Å². The molecule has 0 radical (unpaired) electrons. The van der Waals surface area contributed by atoms with Crippen LogP contribution in [0.4, 0.5) is 4.39 Å². The number of hydrogen-bond acceptors (Lipinski definition) is 2. The summed E-state index contributed by atoms with van der Waals surface area (Å²) >= 11 is 0. The molecule has 1 aromatic carbocycles. The molecule has 136 valence electrons. The topological polar surface area (TPSA) is 40.6 Å². The Morgan fingerprint density at radius 2 is 1.72 bits per heavy atom. The zero-order chi connectivity index (χ0) is 17.6. The van der Waals surface area contributed by atoms with Crippen LogP contribution in [0.2, 0.25) is 0 Å². The molecule has 5 heteroatoms. The van der Waals surface area contributed by atoms with E-state index in [0.29, 0.717) is 31.5 Å². The molecule has 0 bridgehead atoms. The van der Waals surface area contributed by atoms with Crippen molar-refractivity contribution in [3.05, 3.63) is 35.6 Å². The van der Waals surface area contributed by atoms with Crippen LogP contribution in [0, 0.1) is 11.7 Å². The smallest absolute Gasteiger partial charge is 0.227 e. The molecule has 0 aliphatic carbocycles. The first-order valence-corrected chi connectivity index (χ1v) is 9.45. The Kier molecular flexibility index (Phi) is 6.05. The van der Waals surface area contributed by atoms with Gasteiger partial charge in [-0.3, -0.25) is 9.59 Å². The van der Waals surface area contributed by atoms with Crippen LogP contribution < -0.4 is 0 Å². The molecule has 1 aromatic rings. The predicted molar refractivity (Wildman–Crippen MR) is 94.5 cm³/mol. The van der Waals surface area contributed by atoms with Crippen molar-refractivity contribution in [2.75, 3.05) is 26.2 Å². The first-order valence-electron chi connectivity index (χ1n) is 9.45. The second kappa shape index (κ2) is 8.45. The number of hydrogen-bond donors (Lipinski definition) is 0. The third-order valence-electron chi connectivity index (χ3n) is 5.37. The SMILES string of the molecule is O=C(CCc1ccccc1F)N1CC[C@@H](C(=O)N2CCCCCC2)C1. The third-order valence-corrected chi connectivity index (χ3v) is 5.37. The minimum Gasteiger partial charge on any atom is -0.342 e. The normalized spacial score (nSPS) is 21.2. The summed E-state index contributed by atoms with van der Waals surface area (Å²) < 4.78 is 13.6.